The van der Waals surface area contributed by atoms with Gasteiger partial charge in [-0.2, -0.15) is 5.26 Å². The molecule has 56 valence electrons. The van der Waals surface area contributed by atoms with Crippen LogP contribution in [0.2, 0.25) is 0 Å². The molecule has 1 aliphatic carbocycles. The van der Waals surface area contributed by atoms with Crippen molar-refractivity contribution in [2.24, 2.45) is 11.8 Å². The monoisotopic (exact) mass is 141 g/mol. The largest absolute Gasteiger partial charge is 0.243 e. The van der Waals surface area contributed by atoms with Crippen molar-refractivity contribution in [3.05, 3.63) is 0 Å². The molecular formula is C8H12FN. The van der Waals surface area contributed by atoms with Gasteiger partial charge in [0.1, 0.15) is 5.67 Å². The summed E-state index contributed by atoms with van der Waals surface area (Å²) in [4.78, 5) is 0. The molecule has 0 amide bonds. The Morgan fingerprint density at radius 1 is 1.60 bits per heavy atom. The van der Waals surface area contributed by atoms with Gasteiger partial charge in [-0.1, -0.05) is 0 Å². The summed E-state index contributed by atoms with van der Waals surface area (Å²) in [6.45, 7) is 2.97. The number of nitriles is 1. The number of halogens is 1. The molecule has 0 spiro atoms. The molecule has 1 unspecified atom stereocenters. The van der Waals surface area contributed by atoms with Gasteiger partial charge >= 0.3 is 0 Å². The lowest BCUT2D eigenvalue weighted by Gasteiger charge is -2.19. The summed E-state index contributed by atoms with van der Waals surface area (Å²) in [5.74, 6) is -0.0440. The minimum absolute atomic E-state index is 0.338. The summed E-state index contributed by atoms with van der Waals surface area (Å²) in [6, 6.07) is 2.03. The zero-order chi connectivity index (χ0) is 7.78. The predicted molar refractivity (Wildman–Crippen MR) is 37.0 cm³/mol. The van der Waals surface area contributed by atoms with Crippen molar-refractivity contribution in [3.8, 4) is 6.07 Å². The molecule has 0 radical (unpaired) electrons. The Hall–Kier alpha value is -0.580. The van der Waals surface area contributed by atoms with Crippen molar-refractivity contribution in [3.63, 3.8) is 0 Å². The van der Waals surface area contributed by atoms with Crippen molar-refractivity contribution in [2.75, 3.05) is 0 Å². The normalized spacial score (nSPS) is 21.8. The first-order valence-electron chi connectivity index (χ1n) is 3.64. The topological polar surface area (TPSA) is 23.8 Å². The van der Waals surface area contributed by atoms with Gasteiger partial charge in [-0.25, -0.2) is 4.39 Å². The highest BCUT2D eigenvalue weighted by Gasteiger charge is 2.41. The first-order chi connectivity index (χ1) is 4.55. The summed E-state index contributed by atoms with van der Waals surface area (Å²) >= 11 is 0. The molecule has 0 N–H and O–H groups in total. The van der Waals surface area contributed by atoms with Gasteiger partial charge < -0.3 is 0 Å². The van der Waals surface area contributed by atoms with E-state index in [9.17, 15) is 4.39 Å². The summed E-state index contributed by atoms with van der Waals surface area (Å²) in [5, 5.41) is 8.58. The van der Waals surface area contributed by atoms with Crippen LogP contribution >= 0.6 is 0 Å². The van der Waals surface area contributed by atoms with E-state index in [-0.39, 0.29) is 5.92 Å². The molecule has 1 rings (SSSR count). The molecule has 0 heterocycles. The molecule has 0 aliphatic heterocycles. The summed E-state index contributed by atoms with van der Waals surface area (Å²) in [7, 11) is 0. The molecule has 0 aromatic rings. The van der Waals surface area contributed by atoms with E-state index in [1.165, 1.54) is 13.8 Å². The van der Waals surface area contributed by atoms with Crippen LogP contribution in [0.3, 0.4) is 0 Å². The molecule has 0 aromatic carbocycles. The Bertz CT molecular complexity index is 159. The minimum Gasteiger partial charge on any atom is -0.243 e. The number of hydrogen-bond acceptors (Lipinski definition) is 1. The summed E-state index contributed by atoms with van der Waals surface area (Å²) in [5.41, 5.74) is -1.31. The third-order valence-corrected chi connectivity index (χ3v) is 1.97. The van der Waals surface area contributed by atoms with Crippen LogP contribution in [0, 0.1) is 23.2 Å². The number of hydrogen-bond donors (Lipinski definition) is 0. The van der Waals surface area contributed by atoms with E-state index in [0.717, 1.165) is 12.8 Å². The average molecular weight is 141 g/mol. The van der Waals surface area contributed by atoms with Gasteiger partial charge in [0.25, 0.3) is 0 Å². The van der Waals surface area contributed by atoms with Gasteiger partial charge in [-0.15, -0.1) is 0 Å². The second kappa shape index (κ2) is 2.23. The van der Waals surface area contributed by atoms with Gasteiger partial charge in [0.05, 0.1) is 12.0 Å². The van der Waals surface area contributed by atoms with Crippen LogP contribution in [0.4, 0.5) is 4.39 Å². The van der Waals surface area contributed by atoms with Crippen LogP contribution in [-0.4, -0.2) is 5.67 Å². The average Bonchev–Trinajstić information content (AvgIpc) is 2.46. The molecule has 2 heteroatoms. The Kier molecular flexibility index (Phi) is 1.68. The van der Waals surface area contributed by atoms with E-state index >= 15 is 0 Å². The molecule has 1 aliphatic rings. The number of alkyl halides is 1. The first kappa shape index (κ1) is 7.53. The first-order valence-corrected chi connectivity index (χ1v) is 3.64. The van der Waals surface area contributed by atoms with E-state index in [2.05, 4.69) is 0 Å². The van der Waals surface area contributed by atoms with E-state index in [1.54, 1.807) is 0 Å². The fourth-order valence-electron chi connectivity index (χ4n) is 1.25. The lowest BCUT2D eigenvalue weighted by molar-refractivity contribution is 0.144. The predicted octanol–water partition coefficient (Wildman–Crippen LogP) is 2.28. The van der Waals surface area contributed by atoms with Crippen LogP contribution in [0.1, 0.15) is 26.7 Å². The van der Waals surface area contributed by atoms with E-state index in [1.807, 2.05) is 6.07 Å². The van der Waals surface area contributed by atoms with Gasteiger partial charge in [-0.3, -0.25) is 0 Å². The maximum Gasteiger partial charge on any atom is 0.121 e. The van der Waals surface area contributed by atoms with Crippen LogP contribution in [0.5, 0.6) is 0 Å². The molecule has 1 fully saturated rings. The van der Waals surface area contributed by atoms with Crippen molar-refractivity contribution in [2.45, 2.75) is 32.4 Å². The van der Waals surface area contributed by atoms with Crippen molar-refractivity contribution in [1.29, 1.82) is 5.26 Å². The third-order valence-electron chi connectivity index (χ3n) is 1.97. The maximum absolute atomic E-state index is 13.1. The Morgan fingerprint density at radius 3 is 2.20 bits per heavy atom. The second-order valence-corrected chi connectivity index (χ2v) is 3.51. The Morgan fingerprint density at radius 2 is 2.10 bits per heavy atom. The zero-order valence-corrected chi connectivity index (χ0v) is 6.39. The van der Waals surface area contributed by atoms with E-state index < -0.39 is 5.67 Å². The van der Waals surface area contributed by atoms with Crippen LogP contribution in [-0.2, 0) is 0 Å². The van der Waals surface area contributed by atoms with Gasteiger partial charge in [0, 0.05) is 0 Å². The van der Waals surface area contributed by atoms with Crippen LogP contribution in [0.25, 0.3) is 0 Å². The second-order valence-electron chi connectivity index (χ2n) is 3.51. The molecule has 1 atom stereocenters. The Balaban J connectivity index is 2.57. The zero-order valence-electron chi connectivity index (χ0n) is 6.39. The third kappa shape index (κ3) is 1.47. The molecule has 0 saturated heterocycles. The maximum atomic E-state index is 13.1. The fourth-order valence-corrected chi connectivity index (χ4v) is 1.25. The lowest BCUT2D eigenvalue weighted by atomic mass is 9.90. The summed E-state index contributed by atoms with van der Waals surface area (Å²) in [6.07, 6.45) is 2.07. The quantitative estimate of drug-likeness (QED) is 0.578. The molecular weight excluding hydrogens is 129 g/mol. The van der Waals surface area contributed by atoms with Crippen molar-refractivity contribution >= 4 is 0 Å². The number of nitrogens with zero attached hydrogens (tertiary/aromatic N) is 1. The highest BCUT2D eigenvalue weighted by molar-refractivity contribution is 5.02. The number of rotatable bonds is 2. The van der Waals surface area contributed by atoms with E-state index in [0.29, 0.717) is 5.92 Å². The van der Waals surface area contributed by atoms with Crippen LogP contribution in [0.15, 0.2) is 0 Å². The molecule has 0 bridgehead atoms. The summed E-state index contributed by atoms with van der Waals surface area (Å²) < 4.78 is 13.1. The minimum atomic E-state index is -1.31. The van der Waals surface area contributed by atoms with Gasteiger partial charge in [0.15, 0.2) is 0 Å². The smallest absolute Gasteiger partial charge is 0.121 e. The molecule has 1 nitrogen and oxygen atoms in total. The van der Waals surface area contributed by atoms with Crippen molar-refractivity contribution in [1.82, 2.24) is 0 Å². The lowest BCUT2D eigenvalue weighted by Crippen LogP contribution is -2.26. The van der Waals surface area contributed by atoms with Gasteiger partial charge in [-0.05, 0) is 32.6 Å². The molecule has 10 heavy (non-hydrogen) atoms. The highest BCUT2D eigenvalue weighted by atomic mass is 19.1. The van der Waals surface area contributed by atoms with Gasteiger partial charge in [0.2, 0.25) is 0 Å². The molecule has 1 saturated carbocycles. The molecule has 0 aromatic heterocycles. The Labute approximate surface area is 60.8 Å². The highest BCUT2D eigenvalue weighted by Crippen LogP contribution is 2.42. The fraction of sp³-hybridized carbons (Fsp3) is 0.875. The SMILES string of the molecule is CC(C)(F)C(C#N)C1CC1. The van der Waals surface area contributed by atoms with Crippen molar-refractivity contribution < 1.29 is 4.39 Å². The standard InChI is InChI=1S/C8H12FN/c1-8(2,9)7(5-10)6-3-4-6/h6-7H,3-4H2,1-2H3. The van der Waals surface area contributed by atoms with Crippen LogP contribution < -0.4 is 0 Å². The van der Waals surface area contributed by atoms with E-state index in [4.69, 9.17) is 5.26 Å².